The standard InChI is InChI=1S/C17H30N4O/c1-14(2)10-21-8-9-22-16(13-21)12-20-7-3-4-15(11-20)17-5-6-18-19-17/h5-6,14-16H,3-4,7-13H2,1-2H3,(H,18,19)/t15-,16+/m0/s1. The van der Waals surface area contributed by atoms with E-state index >= 15 is 0 Å². The van der Waals surface area contributed by atoms with Gasteiger partial charge in [0.2, 0.25) is 0 Å². The number of aromatic amines is 1. The van der Waals surface area contributed by atoms with E-state index in [-0.39, 0.29) is 0 Å². The number of likely N-dealkylation sites (tertiary alicyclic amines) is 1. The molecule has 2 atom stereocenters. The minimum absolute atomic E-state index is 0.369. The first kappa shape index (κ1) is 16.0. The van der Waals surface area contributed by atoms with Crippen molar-refractivity contribution in [2.24, 2.45) is 5.92 Å². The molecule has 2 saturated heterocycles. The van der Waals surface area contributed by atoms with Gasteiger partial charge in [-0.25, -0.2) is 0 Å². The fraction of sp³-hybridized carbons (Fsp3) is 0.824. The van der Waals surface area contributed by atoms with E-state index in [2.05, 4.69) is 39.9 Å². The molecular formula is C17H30N4O. The van der Waals surface area contributed by atoms with Gasteiger partial charge in [-0.2, -0.15) is 5.10 Å². The van der Waals surface area contributed by atoms with E-state index in [9.17, 15) is 0 Å². The van der Waals surface area contributed by atoms with Gasteiger partial charge in [-0.3, -0.25) is 10.00 Å². The maximum absolute atomic E-state index is 6.01. The molecule has 0 saturated carbocycles. The summed E-state index contributed by atoms with van der Waals surface area (Å²) in [6.45, 7) is 12.2. The molecule has 0 aliphatic carbocycles. The maximum atomic E-state index is 6.01. The van der Waals surface area contributed by atoms with Crippen molar-refractivity contribution in [3.05, 3.63) is 18.0 Å². The number of hydrogen-bond donors (Lipinski definition) is 1. The Kier molecular flexibility index (Phi) is 5.50. The number of morpholine rings is 1. The quantitative estimate of drug-likeness (QED) is 0.903. The molecule has 5 heteroatoms. The molecule has 0 bridgehead atoms. The monoisotopic (exact) mass is 306 g/mol. The third kappa shape index (κ3) is 4.31. The Labute approximate surface area is 134 Å². The Morgan fingerprint density at radius 2 is 2.23 bits per heavy atom. The Bertz CT molecular complexity index is 434. The van der Waals surface area contributed by atoms with Gasteiger partial charge in [0.15, 0.2) is 0 Å². The molecule has 0 unspecified atom stereocenters. The van der Waals surface area contributed by atoms with Crippen LogP contribution in [0, 0.1) is 5.92 Å². The van der Waals surface area contributed by atoms with Gasteiger partial charge in [-0.1, -0.05) is 13.8 Å². The lowest BCUT2D eigenvalue weighted by Crippen LogP contribution is -2.49. The average molecular weight is 306 g/mol. The van der Waals surface area contributed by atoms with E-state index in [0.717, 1.165) is 38.7 Å². The lowest BCUT2D eigenvalue weighted by molar-refractivity contribution is -0.0487. The predicted octanol–water partition coefficient (Wildman–Crippen LogP) is 1.95. The van der Waals surface area contributed by atoms with Crippen LogP contribution in [-0.4, -0.2) is 72.0 Å². The van der Waals surface area contributed by atoms with Crippen molar-refractivity contribution in [2.75, 3.05) is 45.9 Å². The Balaban J connectivity index is 1.49. The predicted molar refractivity (Wildman–Crippen MR) is 88.0 cm³/mol. The summed E-state index contributed by atoms with van der Waals surface area (Å²) < 4.78 is 6.01. The molecule has 3 heterocycles. The minimum atomic E-state index is 0.369. The Morgan fingerprint density at radius 1 is 1.32 bits per heavy atom. The zero-order valence-corrected chi connectivity index (χ0v) is 14.0. The molecule has 3 rings (SSSR count). The van der Waals surface area contributed by atoms with Crippen LogP contribution < -0.4 is 0 Å². The van der Waals surface area contributed by atoms with Gasteiger partial charge in [0, 0.05) is 50.5 Å². The zero-order chi connectivity index (χ0) is 15.4. The van der Waals surface area contributed by atoms with Gasteiger partial charge in [0.25, 0.3) is 0 Å². The van der Waals surface area contributed by atoms with Crippen LogP contribution in [0.2, 0.25) is 0 Å². The van der Waals surface area contributed by atoms with Crippen molar-refractivity contribution in [2.45, 2.75) is 38.7 Å². The summed E-state index contributed by atoms with van der Waals surface area (Å²) in [4.78, 5) is 5.15. The van der Waals surface area contributed by atoms with E-state index in [0.29, 0.717) is 12.0 Å². The summed E-state index contributed by atoms with van der Waals surface area (Å²) in [5.41, 5.74) is 1.29. The van der Waals surface area contributed by atoms with E-state index in [1.54, 1.807) is 0 Å². The molecule has 124 valence electrons. The molecule has 2 aliphatic rings. The first-order chi connectivity index (χ1) is 10.7. The molecular weight excluding hydrogens is 276 g/mol. The lowest BCUT2D eigenvalue weighted by Gasteiger charge is -2.38. The van der Waals surface area contributed by atoms with Gasteiger partial charge >= 0.3 is 0 Å². The van der Waals surface area contributed by atoms with E-state index in [1.807, 2.05) is 6.20 Å². The normalized spacial score (nSPS) is 28.3. The highest BCUT2D eigenvalue weighted by Crippen LogP contribution is 2.25. The van der Waals surface area contributed by atoms with Crippen LogP contribution >= 0.6 is 0 Å². The SMILES string of the molecule is CC(C)CN1CCO[C@H](CN2CCC[C@H](c3ccn[nH]3)C2)C1. The number of nitrogens with one attached hydrogen (secondary N) is 1. The third-order valence-corrected chi connectivity index (χ3v) is 4.78. The van der Waals surface area contributed by atoms with Crippen LogP contribution in [0.15, 0.2) is 12.3 Å². The lowest BCUT2D eigenvalue weighted by atomic mass is 9.94. The Hall–Kier alpha value is -0.910. The first-order valence-electron chi connectivity index (χ1n) is 8.76. The number of H-pyrrole nitrogens is 1. The van der Waals surface area contributed by atoms with Crippen molar-refractivity contribution in [3.8, 4) is 0 Å². The summed E-state index contributed by atoms with van der Waals surface area (Å²) >= 11 is 0. The van der Waals surface area contributed by atoms with E-state index in [1.165, 1.54) is 31.6 Å². The molecule has 0 amide bonds. The smallest absolute Gasteiger partial charge is 0.0829 e. The number of ether oxygens (including phenoxy) is 1. The van der Waals surface area contributed by atoms with Crippen molar-refractivity contribution in [3.63, 3.8) is 0 Å². The van der Waals surface area contributed by atoms with Crippen LogP contribution in [0.25, 0.3) is 0 Å². The van der Waals surface area contributed by atoms with Gasteiger partial charge in [-0.15, -0.1) is 0 Å². The van der Waals surface area contributed by atoms with Crippen LogP contribution in [0.5, 0.6) is 0 Å². The molecule has 1 aromatic heterocycles. The third-order valence-electron chi connectivity index (χ3n) is 4.78. The second-order valence-electron chi connectivity index (χ2n) is 7.26. The molecule has 1 aromatic rings. The summed E-state index contributed by atoms with van der Waals surface area (Å²) in [6.07, 6.45) is 4.77. The number of nitrogens with zero attached hydrogens (tertiary/aromatic N) is 3. The first-order valence-corrected chi connectivity index (χ1v) is 8.76. The second-order valence-corrected chi connectivity index (χ2v) is 7.26. The summed E-state index contributed by atoms with van der Waals surface area (Å²) in [6, 6.07) is 2.12. The second kappa shape index (κ2) is 7.57. The molecule has 5 nitrogen and oxygen atoms in total. The molecule has 0 aromatic carbocycles. The number of hydrogen-bond acceptors (Lipinski definition) is 4. The van der Waals surface area contributed by atoms with Crippen LogP contribution in [0.1, 0.15) is 38.3 Å². The van der Waals surface area contributed by atoms with Crippen molar-refractivity contribution < 1.29 is 4.74 Å². The number of piperidine rings is 1. The van der Waals surface area contributed by atoms with Crippen molar-refractivity contribution in [1.29, 1.82) is 0 Å². The largest absolute Gasteiger partial charge is 0.374 e. The topological polar surface area (TPSA) is 44.4 Å². The molecule has 2 aliphatic heterocycles. The summed E-state index contributed by atoms with van der Waals surface area (Å²) in [7, 11) is 0. The van der Waals surface area contributed by atoms with Crippen molar-refractivity contribution in [1.82, 2.24) is 20.0 Å². The van der Waals surface area contributed by atoms with Gasteiger partial charge in [-0.05, 0) is 31.4 Å². The minimum Gasteiger partial charge on any atom is -0.374 e. The van der Waals surface area contributed by atoms with Gasteiger partial charge in [0.05, 0.1) is 12.7 Å². The highest BCUT2D eigenvalue weighted by Gasteiger charge is 2.27. The summed E-state index contributed by atoms with van der Waals surface area (Å²) in [5, 5.41) is 7.24. The van der Waals surface area contributed by atoms with Crippen LogP contribution in [0.4, 0.5) is 0 Å². The van der Waals surface area contributed by atoms with E-state index in [4.69, 9.17) is 4.74 Å². The molecule has 2 fully saturated rings. The maximum Gasteiger partial charge on any atom is 0.0829 e. The summed E-state index contributed by atoms with van der Waals surface area (Å²) in [5.74, 6) is 1.34. The number of aromatic nitrogens is 2. The van der Waals surface area contributed by atoms with Gasteiger partial charge < -0.3 is 9.64 Å². The number of rotatable bonds is 5. The Morgan fingerprint density at radius 3 is 3.00 bits per heavy atom. The molecule has 1 N–H and O–H groups in total. The average Bonchev–Trinajstić information content (AvgIpc) is 3.01. The molecule has 0 spiro atoms. The molecule has 22 heavy (non-hydrogen) atoms. The fourth-order valence-electron chi connectivity index (χ4n) is 3.83. The fourth-order valence-corrected chi connectivity index (χ4v) is 3.83. The highest BCUT2D eigenvalue weighted by molar-refractivity contribution is 5.07. The van der Waals surface area contributed by atoms with E-state index < -0.39 is 0 Å². The zero-order valence-electron chi connectivity index (χ0n) is 14.0. The van der Waals surface area contributed by atoms with Gasteiger partial charge in [0.1, 0.15) is 0 Å². The van der Waals surface area contributed by atoms with Crippen LogP contribution in [-0.2, 0) is 4.74 Å². The van der Waals surface area contributed by atoms with Crippen LogP contribution in [0.3, 0.4) is 0 Å². The highest BCUT2D eigenvalue weighted by atomic mass is 16.5. The molecule has 0 radical (unpaired) electrons. The van der Waals surface area contributed by atoms with Crippen molar-refractivity contribution >= 4 is 0 Å².